The lowest BCUT2D eigenvalue weighted by Gasteiger charge is -2.28. The van der Waals surface area contributed by atoms with Gasteiger partial charge in [0.15, 0.2) is 0 Å². The van der Waals surface area contributed by atoms with Gasteiger partial charge in [0.05, 0.1) is 0 Å². The number of anilines is 1. The van der Waals surface area contributed by atoms with Crippen molar-refractivity contribution < 1.29 is 0 Å². The second-order valence-electron chi connectivity index (χ2n) is 4.67. The minimum Gasteiger partial charge on any atom is -0.372 e. The number of para-hydroxylation sites is 1. The van der Waals surface area contributed by atoms with E-state index in [4.69, 9.17) is 0 Å². The van der Waals surface area contributed by atoms with Crippen LogP contribution >= 0.6 is 0 Å². The third kappa shape index (κ3) is 4.04. The Kier molecular flexibility index (Phi) is 6.06. The number of rotatable bonds is 7. The van der Waals surface area contributed by atoms with Gasteiger partial charge in [0.2, 0.25) is 0 Å². The fourth-order valence-electron chi connectivity index (χ4n) is 1.92. The molecule has 17 heavy (non-hydrogen) atoms. The minimum absolute atomic E-state index is 0.585. The van der Waals surface area contributed by atoms with Gasteiger partial charge in [-0.2, -0.15) is 0 Å². The molecule has 0 aliphatic carbocycles. The van der Waals surface area contributed by atoms with Crippen LogP contribution in [0.4, 0.5) is 5.69 Å². The molecular formula is C15H26N2. The van der Waals surface area contributed by atoms with Gasteiger partial charge < -0.3 is 10.2 Å². The molecule has 0 saturated heterocycles. The van der Waals surface area contributed by atoms with Crippen molar-refractivity contribution in [1.82, 2.24) is 5.32 Å². The van der Waals surface area contributed by atoms with E-state index < -0.39 is 0 Å². The lowest BCUT2D eigenvalue weighted by molar-refractivity contribution is 0.647. The summed E-state index contributed by atoms with van der Waals surface area (Å²) < 4.78 is 0. The maximum absolute atomic E-state index is 3.48. The normalized spacial score (nSPS) is 12.5. The van der Waals surface area contributed by atoms with Gasteiger partial charge >= 0.3 is 0 Å². The number of hydrogen-bond acceptors (Lipinski definition) is 2. The van der Waals surface area contributed by atoms with Crippen LogP contribution in [0.1, 0.15) is 39.2 Å². The number of benzene rings is 1. The molecule has 0 radical (unpaired) electrons. The molecule has 1 atom stereocenters. The molecule has 0 saturated carbocycles. The highest BCUT2D eigenvalue weighted by atomic mass is 15.1. The molecule has 0 aliphatic rings. The van der Waals surface area contributed by atoms with Crippen LogP contribution in [0, 0.1) is 0 Å². The molecule has 2 nitrogen and oxygen atoms in total. The molecule has 0 heterocycles. The van der Waals surface area contributed by atoms with Crippen molar-refractivity contribution >= 4 is 5.69 Å². The van der Waals surface area contributed by atoms with Gasteiger partial charge in [-0.1, -0.05) is 32.0 Å². The molecule has 1 aromatic rings. The summed E-state index contributed by atoms with van der Waals surface area (Å²) >= 11 is 0. The molecule has 2 heteroatoms. The quantitative estimate of drug-likeness (QED) is 0.727. The van der Waals surface area contributed by atoms with Crippen LogP contribution in [0.5, 0.6) is 0 Å². The lowest BCUT2D eigenvalue weighted by atomic mass is 10.1. The van der Waals surface area contributed by atoms with E-state index in [-0.39, 0.29) is 0 Å². The van der Waals surface area contributed by atoms with Crippen LogP contribution in [0.2, 0.25) is 0 Å². The van der Waals surface area contributed by atoms with Gasteiger partial charge in [-0.05, 0) is 37.9 Å². The first kappa shape index (κ1) is 14.0. The summed E-state index contributed by atoms with van der Waals surface area (Å²) in [5, 5.41) is 3.48. The predicted molar refractivity (Wildman–Crippen MR) is 76.6 cm³/mol. The standard InChI is InChI=1S/C15H26N2/c1-5-11-16-12-14-9-7-8-10-15(14)17(4)13(3)6-2/h7-10,13,16H,5-6,11-12H2,1-4H3. The van der Waals surface area contributed by atoms with Crippen LogP contribution in [-0.4, -0.2) is 19.6 Å². The smallest absolute Gasteiger partial charge is 0.0411 e. The van der Waals surface area contributed by atoms with E-state index in [0.29, 0.717) is 6.04 Å². The zero-order chi connectivity index (χ0) is 12.7. The first-order valence-electron chi connectivity index (χ1n) is 6.72. The van der Waals surface area contributed by atoms with E-state index in [1.54, 1.807) is 0 Å². The average molecular weight is 234 g/mol. The first-order chi connectivity index (χ1) is 8.20. The molecule has 1 unspecified atom stereocenters. The Hall–Kier alpha value is -1.02. The largest absolute Gasteiger partial charge is 0.372 e. The minimum atomic E-state index is 0.585. The van der Waals surface area contributed by atoms with Gasteiger partial charge in [0, 0.05) is 25.3 Å². The van der Waals surface area contributed by atoms with Crippen molar-refractivity contribution in [3.63, 3.8) is 0 Å². The van der Waals surface area contributed by atoms with Crippen molar-refractivity contribution in [2.24, 2.45) is 0 Å². The molecule has 1 rings (SSSR count). The third-order valence-electron chi connectivity index (χ3n) is 3.37. The van der Waals surface area contributed by atoms with Crippen LogP contribution < -0.4 is 10.2 Å². The summed E-state index contributed by atoms with van der Waals surface area (Å²) in [6.45, 7) is 8.76. The first-order valence-corrected chi connectivity index (χ1v) is 6.72. The monoisotopic (exact) mass is 234 g/mol. The highest BCUT2D eigenvalue weighted by Gasteiger charge is 2.11. The van der Waals surface area contributed by atoms with Crippen LogP contribution in [0.25, 0.3) is 0 Å². The molecular weight excluding hydrogens is 208 g/mol. The Morgan fingerprint density at radius 3 is 2.59 bits per heavy atom. The fourth-order valence-corrected chi connectivity index (χ4v) is 1.92. The Labute approximate surface area is 106 Å². The number of hydrogen-bond donors (Lipinski definition) is 1. The molecule has 0 bridgehead atoms. The maximum atomic E-state index is 3.48. The maximum Gasteiger partial charge on any atom is 0.0411 e. The number of nitrogens with one attached hydrogen (secondary N) is 1. The molecule has 0 aliphatic heterocycles. The van der Waals surface area contributed by atoms with Gasteiger partial charge in [0.1, 0.15) is 0 Å². The van der Waals surface area contributed by atoms with Crippen molar-refractivity contribution in [3.05, 3.63) is 29.8 Å². The van der Waals surface area contributed by atoms with Gasteiger partial charge in [-0.15, -0.1) is 0 Å². The Morgan fingerprint density at radius 1 is 1.24 bits per heavy atom. The molecule has 1 aromatic carbocycles. The molecule has 0 spiro atoms. The van der Waals surface area contributed by atoms with E-state index in [0.717, 1.165) is 13.1 Å². The second kappa shape index (κ2) is 7.33. The second-order valence-corrected chi connectivity index (χ2v) is 4.67. The summed E-state index contributed by atoms with van der Waals surface area (Å²) in [4.78, 5) is 2.38. The van der Waals surface area contributed by atoms with E-state index in [9.17, 15) is 0 Å². The average Bonchev–Trinajstić information content (AvgIpc) is 2.38. The van der Waals surface area contributed by atoms with E-state index in [1.807, 2.05) is 0 Å². The van der Waals surface area contributed by atoms with Gasteiger partial charge in [-0.3, -0.25) is 0 Å². The Bertz CT molecular complexity index is 322. The van der Waals surface area contributed by atoms with Crippen LogP contribution in [0.3, 0.4) is 0 Å². The molecule has 0 aromatic heterocycles. The zero-order valence-corrected chi connectivity index (χ0v) is 11.7. The van der Waals surface area contributed by atoms with Crippen LogP contribution in [0.15, 0.2) is 24.3 Å². The molecule has 0 fully saturated rings. The summed E-state index contributed by atoms with van der Waals surface area (Å²) in [5.74, 6) is 0. The summed E-state index contributed by atoms with van der Waals surface area (Å²) in [6, 6.07) is 9.27. The van der Waals surface area contributed by atoms with Crippen molar-refractivity contribution in [2.45, 2.75) is 46.2 Å². The van der Waals surface area contributed by atoms with E-state index in [1.165, 1.54) is 24.1 Å². The Morgan fingerprint density at radius 2 is 1.94 bits per heavy atom. The predicted octanol–water partition coefficient (Wildman–Crippen LogP) is 3.42. The highest BCUT2D eigenvalue weighted by molar-refractivity contribution is 5.53. The van der Waals surface area contributed by atoms with Crippen molar-refractivity contribution in [2.75, 3.05) is 18.5 Å². The van der Waals surface area contributed by atoms with Gasteiger partial charge in [-0.25, -0.2) is 0 Å². The van der Waals surface area contributed by atoms with Gasteiger partial charge in [0.25, 0.3) is 0 Å². The summed E-state index contributed by atoms with van der Waals surface area (Å²) in [7, 11) is 2.19. The van der Waals surface area contributed by atoms with Crippen molar-refractivity contribution in [1.29, 1.82) is 0 Å². The lowest BCUT2D eigenvalue weighted by Crippen LogP contribution is -2.29. The summed E-state index contributed by atoms with van der Waals surface area (Å²) in [5.41, 5.74) is 2.74. The molecule has 96 valence electrons. The number of nitrogens with zero attached hydrogens (tertiary/aromatic N) is 1. The fraction of sp³-hybridized carbons (Fsp3) is 0.600. The van der Waals surface area contributed by atoms with Crippen molar-refractivity contribution in [3.8, 4) is 0 Å². The highest BCUT2D eigenvalue weighted by Crippen LogP contribution is 2.21. The SMILES string of the molecule is CCCNCc1ccccc1N(C)C(C)CC. The zero-order valence-electron chi connectivity index (χ0n) is 11.7. The topological polar surface area (TPSA) is 15.3 Å². The molecule has 1 N–H and O–H groups in total. The molecule has 0 amide bonds. The van der Waals surface area contributed by atoms with E-state index >= 15 is 0 Å². The third-order valence-corrected chi connectivity index (χ3v) is 3.37. The Balaban J connectivity index is 2.76. The van der Waals surface area contributed by atoms with E-state index in [2.05, 4.69) is 62.3 Å². The van der Waals surface area contributed by atoms with Crippen LogP contribution in [-0.2, 0) is 6.54 Å². The summed E-state index contributed by atoms with van der Waals surface area (Å²) in [6.07, 6.45) is 2.36.